The van der Waals surface area contributed by atoms with E-state index in [0.717, 1.165) is 44.7 Å². The summed E-state index contributed by atoms with van der Waals surface area (Å²) in [7, 11) is 0. The van der Waals surface area contributed by atoms with E-state index in [1.807, 2.05) is 29.2 Å². The van der Waals surface area contributed by atoms with Crippen molar-refractivity contribution in [3.63, 3.8) is 0 Å². The zero-order valence-electron chi connectivity index (χ0n) is 15.7. The van der Waals surface area contributed by atoms with Crippen molar-refractivity contribution in [1.29, 1.82) is 0 Å². The Labute approximate surface area is 166 Å². The molecular weight excluding hydrogens is 366 g/mol. The molecule has 0 spiro atoms. The Balaban J connectivity index is 1.37. The second-order valence-electron chi connectivity index (χ2n) is 7.14. The third-order valence-electron chi connectivity index (χ3n) is 5.22. The van der Waals surface area contributed by atoms with E-state index in [9.17, 15) is 9.59 Å². The minimum atomic E-state index is -0.0515. The van der Waals surface area contributed by atoms with Gasteiger partial charge in [-0.05, 0) is 31.0 Å². The molecule has 2 amide bonds. The fourth-order valence-electron chi connectivity index (χ4n) is 3.62. The number of ether oxygens (including phenoxy) is 1. The molecule has 2 heterocycles. The topological polar surface area (TPSA) is 53.1 Å². The molecule has 0 aromatic heterocycles. The summed E-state index contributed by atoms with van der Waals surface area (Å²) >= 11 is 6.05. The summed E-state index contributed by atoms with van der Waals surface area (Å²) in [4.78, 5) is 30.4. The molecule has 2 saturated heterocycles. The number of carbonyl (C=O) groups is 2. The van der Waals surface area contributed by atoms with Gasteiger partial charge < -0.3 is 19.4 Å². The zero-order chi connectivity index (χ0) is 19.1. The lowest BCUT2D eigenvalue weighted by Crippen LogP contribution is -2.50. The van der Waals surface area contributed by atoms with Crippen molar-refractivity contribution < 1.29 is 14.3 Å². The van der Waals surface area contributed by atoms with E-state index in [2.05, 4.69) is 4.90 Å². The molecule has 0 N–H and O–H groups in total. The van der Waals surface area contributed by atoms with E-state index >= 15 is 0 Å². The van der Waals surface area contributed by atoms with Crippen LogP contribution in [-0.2, 0) is 14.3 Å². The van der Waals surface area contributed by atoms with Gasteiger partial charge >= 0.3 is 0 Å². The average Bonchev–Trinajstić information content (AvgIpc) is 2.97. The molecule has 1 aromatic carbocycles. The highest BCUT2D eigenvalue weighted by Gasteiger charge is 2.22. The molecule has 148 valence electrons. The fraction of sp³-hybridized carbons (Fsp3) is 0.600. The van der Waals surface area contributed by atoms with Crippen LogP contribution in [0.15, 0.2) is 24.3 Å². The second-order valence-corrected chi connectivity index (χ2v) is 7.57. The molecule has 2 fully saturated rings. The number of amides is 2. The molecule has 7 heteroatoms. The summed E-state index contributed by atoms with van der Waals surface area (Å²) in [5.74, 6) is -0.0557. The van der Waals surface area contributed by atoms with Gasteiger partial charge in [0, 0.05) is 50.0 Å². The number of piperazine rings is 1. The molecule has 0 bridgehead atoms. The second kappa shape index (κ2) is 9.95. The minimum absolute atomic E-state index is 0.00419. The first-order valence-electron chi connectivity index (χ1n) is 9.77. The number of likely N-dealkylation sites (tertiary alicyclic amines) is 1. The Kier molecular flexibility index (Phi) is 7.35. The van der Waals surface area contributed by atoms with Crippen molar-refractivity contribution in [1.82, 2.24) is 9.80 Å². The first-order chi connectivity index (χ1) is 13.1. The van der Waals surface area contributed by atoms with Crippen LogP contribution in [0.25, 0.3) is 0 Å². The monoisotopic (exact) mass is 393 g/mol. The van der Waals surface area contributed by atoms with E-state index < -0.39 is 0 Å². The predicted molar refractivity (Wildman–Crippen MR) is 106 cm³/mol. The first kappa shape index (κ1) is 20.0. The molecule has 0 saturated carbocycles. The van der Waals surface area contributed by atoms with Crippen LogP contribution in [0, 0.1) is 0 Å². The number of carbonyl (C=O) groups excluding carboxylic acids is 2. The number of anilines is 1. The highest BCUT2D eigenvalue weighted by molar-refractivity contribution is 6.30. The van der Waals surface area contributed by atoms with Gasteiger partial charge in [0.2, 0.25) is 11.8 Å². The SMILES string of the molecule is O=C(COCC(=O)N1CCN(c2cccc(Cl)c2)CC1)N1CCCCCC1. The number of hydrogen-bond acceptors (Lipinski definition) is 4. The van der Waals surface area contributed by atoms with Crippen molar-refractivity contribution in [3.05, 3.63) is 29.3 Å². The molecule has 27 heavy (non-hydrogen) atoms. The Hall–Kier alpha value is -1.79. The molecule has 1 aromatic rings. The van der Waals surface area contributed by atoms with Crippen LogP contribution in [0.3, 0.4) is 0 Å². The minimum Gasteiger partial charge on any atom is -0.368 e. The van der Waals surface area contributed by atoms with E-state index in [1.165, 1.54) is 12.8 Å². The maximum Gasteiger partial charge on any atom is 0.248 e. The summed E-state index contributed by atoms with van der Waals surface area (Å²) in [5, 5.41) is 0.716. The quantitative estimate of drug-likeness (QED) is 0.770. The lowest BCUT2D eigenvalue weighted by Gasteiger charge is -2.36. The van der Waals surface area contributed by atoms with E-state index in [4.69, 9.17) is 16.3 Å². The van der Waals surface area contributed by atoms with Crippen molar-refractivity contribution in [3.8, 4) is 0 Å². The summed E-state index contributed by atoms with van der Waals surface area (Å²) in [6.45, 7) is 4.40. The van der Waals surface area contributed by atoms with Gasteiger partial charge in [0.1, 0.15) is 13.2 Å². The summed E-state index contributed by atoms with van der Waals surface area (Å²) in [6.07, 6.45) is 4.48. The van der Waals surface area contributed by atoms with E-state index in [0.29, 0.717) is 18.1 Å². The predicted octanol–water partition coefficient (Wildman–Crippen LogP) is 2.41. The number of benzene rings is 1. The van der Waals surface area contributed by atoms with Crippen LogP contribution >= 0.6 is 11.6 Å². The molecule has 0 radical (unpaired) electrons. The van der Waals surface area contributed by atoms with Crippen molar-refractivity contribution in [2.45, 2.75) is 25.7 Å². The fourth-order valence-corrected chi connectivity index (χ4v) is 3.80. The van der Waals surface area contributed by atoms with Crippen LogP contribution in [0.4, 0.5) is 5.69 Å². The lowest BCUT2D eigenvalue weighted by molar-refractivity contribution is -0.142. The Bertz CT molecular complexity index is 639. The normalized spacial score (nSPS) is 18.3. The number of halogens is 1. The van der Waals surface area contributed by atoms with Crippen molar-refractivity contribution in [2.24, 2.45) is 0 Å². The lowest BCUT2D eigenvalue weighted by atomic mass is 10.2. The molecule has 6 nitrogen and oxygen atoms in total. The number of rotatable bonds is 5. The van der Waals surface area contributed by atoms with Crippen LogP contribution in [-0.4, -0.2) is 74.1 Å². The Morgan fingerprint density at radius 3 is 2.04 bits per heavy atom. The summed E-state index contributed by atoms with van der Waals surface area (Å²) in [6, 6.07) is 7.76. The zero-order valence-corrected chi connectivity index (χ0v) is 16.5. The highest BCUT2D eigenvalue weighted by atomic mass is 35.5. The van der Waals surface area contributed by atoms with Gasteiger partial charge in [-0.25, -0.2) is 0 Å². The molecule has 2 aliphatic rings. The van der Waals surface area contributed by atoms with Gasteiger partial charge in [-0.15, -0.1) is 0 Å². The Morgan fingerprint density at radius 2 is 1.44 bits per heavy atom. The average molecular weight is 394 g/mol. The van der Waals surface area contributed by atoms with Crippen LogP contribution in [0.5, 0.6) is 0 Å². The number of hydrogen-bond donors (Lipinski definition) is 0. The standard InChI is InChI=1S/C20H28ClN3O3/c21-17-6-5-7-18(14-17)22-10-12-24(13-11-22)20(26)16-27-15-19(25)23-8-3-1-2-4-9-23/h5-7,14H,1-4,8-13,15-16H2. The third-order valence-corrected chi connectivity index (χ3v) is 5.45. The smallest absolute Gasteiger partial charge is 0.248 e. The molecule has 2 aliphatic heterocycles. The van der Waals surface area contributed by atoms with Gasteiger partial charge in [0.25, 0.3) is 0 Å². The maximum atomic E-state index is 12.3. The largest absolute Gasteiger partial charge is 0.368 e. The van der Waals surface area contributed by atoms with E-state index in [-0.39, 0.29) is 25.0 Å². The molecular formula is C20H28ClN3O3. The Morgan fingerprint density at radius 1 is 0.852 bits per heavy atom. The van der Waals surface area contributed by atoms with Gasteiger partial charge in [-0.3, -0.25) is 9.59 Å². The van der Waals surface area contributed by atoms with Gasteiger partial charge in [-0.2, -0.15) is 0 Å². The number of nitrogens with zero attached hydrogens (tertiary/aromatic N) is 3. The molecule has 3 rings (SSSR count). The van der Waals surface area contributed by atoms with Crippen LogP contribution in [0.1, 0.15) is 25.7 Å². The third kappa shape index (κ3) is 5.84. The van der Waals surface area contributed by atoms with Gasteiger partial charge in [0.15, 0.2) is 0 Å². The molecule has 0 aliphatic carbocycles. The van der Waals surface area contributed by atoms with Gasteiger partial charge in [-0.1, -0.05) is 30.5 Å². The van der Waals surface area contributed by atoms with Crippen LogP contribution in [0.2, 0.25) is 5.02 Å². The maximum absolute atomic E-state index is 12.3. The summed E-state index contributed by atoms with van der Waals surface area (Å²) < 4.78 is 5.42. The van der Waals surface area contributed by atoms with Crippen molar-refractivity contribution >= 4 is 29.1 Å². The molecule has 0 unspecified atom stereocenters. The summed E-state index contributed by atoms with van der Waals surface area (Å²) in [5.41, 5.74) is 1.08. The first-order valence-corrected chi connectivity index (χ1v) is 10.1. The highest BCUT2D eigenvalue weighted by Crippen LogP contribution is 2.20. The van der Waals surface area contributed by atoms with Gasteiger partial charge in [0.05, 0.1) is 0 Å². The molecule has 0 atom stereocenters. The van der Waals surface area contributed by atoms with Crippen molar-refractivity contribution in [2.75, 3.05) is 57.4 Å². The van der Waals surface area contributed by atoms with Crippen LogP contribution < -0.4 is 4.90 Å². The van der Waals surface area contributed by atoms with E-state index in [1.54, 1.807) is 4.90 Å².